The summed E-state index contributed by atoms with van der Waals surface area (Å²) in [4.78, 5) is 49.2. The van der Waals surface area contributed by atoms with E-state index in [-0.39, 0.29) is 40.8 Å². The van der Waals surface area contributed by atoms with Gasteiger partial charge in [-0.05, 0) is 25.5 Å². The summed E-state index contributed by atoms with van der Waals surface area (Å²) in [7, 11) is 1.31. The van der Waals surface area contributed by atoms with Crippen LogP contribution in [0.4, 0.5) is 0 Å². The van der Waals surface area contributed by atoms with Gasteiger partial charge in [-0.15, -0.1) is 0 Å². The van der Waals surface area contributed by atoms with Gasteiger partial charge in [0.15, 0.2) is 5.75 Å². The predicted octanol–water partition coefficient (Wildman–Crippen LogP) is 2.13. The fraction of sp³-hybridized carbons (Fsp3) is 0.368. The van der Waals surface area contributed by atoms with E-state index in [1.807, 2.05) is 0 Å². The highest BCUT2D eigenvalue weighted by molar-refractivity contribution is 6.37. The lowest BCUT2D eigenvalue weighted by Gasteiger charge is -2.34. The van der Waals surface area contributed by atoms with Crippen molar-refractivity contribution in [2.45, 2.75) is 31.8 Å². The summed E-state index contributed by atoms with van der Waals surface area (Å²) < 4.78 is 5.35. The molecule has 3 amide bonds. The van der Waals surface area contributed by atoms with Crippen molar-refractivity contribution in [3.63, 3.8) is 0 Å². The van der Waals surface area contributed by atoms with Crippen molar-refractivity contribution in [2.24, 2.45) is 0 Å². The number of halogens is 2. The number of hydrogen-bond acceptors (Lipinski definition) is 5. The topological polar surface area (TPSA) is 116 Å². The summed E-state index contributed by atoms with van der Waals surface area (Å²) >= 11 is 12.3. The van der Waals surface area contributed by atoms with Gasteiger partial charge in [0, 0.05) is 19.0 Å². The first-order valence-electron chi connectivity index (χ1n) is 8.94. The molecule has 1 heterocycles. The minimum Gasteiger partial charge on any atom is -0.486 e. The molecule has 11 heteroatoms. The molecule has 0 bridgehead atoms. The maximum atomic E-state index is 12.9. The number of hydrogen-bond donors (Lipinski definition) is 2. The normalized spacial score (nSPS) is 17.9. The van der Waals surface area contributed by atoms with Gasteiger partial charge in [0.2, 0.25) is 5.91 Å². The van der Waals surface area contributed by atoms with Crippen LogP contribution in [0, 0.1) is 0 Å². The van der Waals surface area contributed by atoms with Crippen LogP contribution >= 0.6 is 23.2 Å². The van der Waals surface area contributed by atoms with Gasteiger partial charge in [-0.1, -0.05) is 35.9 Å². The number of rotatable bonds is 7. The third kappa shape index (κ3) is 5.03. The number of benzene rings is 1. The highest BCUT2D eigenvalue weighted by atomic mass is 35.5. The van der Waals surface area contributed by atoms with E-state index in [4.69, 9.17) is 27.9 Å². The van der Waals surface area contributed by atoms with Crippen molar-refractivity contribution in [1.29, 1.82) is 0 Å². The molecule has 1 aliphatic rings. The summed E-state index contributed by atoms with van der Waals surface area (Å²) in [5.41, 5.74) is 0.0746. The van der Waals surface area contributed by atoms with Gasteiger partial charge in [0.25, 0.3) is 11.8 Å². The quantitative estimate of drug-likeness (QED) is 0.605. The number of carboxylic acid groups (broad SMARTS) is 1. The Kier molecular flexibility index (Phi) is 7.69. The van der Waals surface area contributed by atoms with Crippen molar-refractivity contribution >= 4 is 46.9 Å². The molecule has 1 fully saturated rings. The van der Waals surface area contributed by atoms with Crippen LogP contribution in [0.3, 0.4) is 0 Å². The smallest absolute Gasteiger partial charge is 0.328 e. The maximum Gasteiger partial charge on any atom is 0.328 e. The van der Waals surface area contributed by atoms with Crippen molar-refractivity contribution < 1.29 is 29.0 Å². The molecule has 2 atom stereocenters. The van der Waals surface area contributed by atoms with Crippen molar-refractivity contribution in [2.75, 3.05) is 13.7 Å². The number of carbonyl (C=O) groups excluding carboxylic acids is 3. The summed E-state index contributed by atoms with van der Waals surface area (Å²) in [5.74, 6) is -2.91. The van der Waals surface area contributed by atoms with Crippen molar-refractivity contribution in [3.05, 3.63) is 40.4 Å². The van der Waals surface area contributed by atoms with E-state index in [2.05, 4.69) is 11.9 Å². The van der Waals surface area contributed by atoms with Crippen LogP contribution in [0.2, 0.25) is 10.0 Å². The lowest BCUT2D eigenvalue weighted by atomic mass is 10.1. The molecule has 0 aromatic heterocycles. The van der Waals surface area contributed by atoms with E-state index in [1.165, 1.54) is 32.2 Å². The lowest BCUT2D eigenvalue weighted by molar-refractivity contribution is -0.171. The van der Waals surface area contributed by atoms with E-state index in [1.54, 1.807) is 0 Å². The van der Waals surface area contributed by atoms with Crippen molar-refractivity contribution in [3.8, 4) is 5.75 Å². The molecular weight excluding hydrogens is 437 g/mol. The Morgan fingerprint density at radius 3 is 2.50 bits per heavy atom. The summed E-state index contributed by atoms with van der Waals surface area (Å²) in [6, 6.07) is 0.255. The third-order valence-corrected chi connectivity index (χ3v) is 5.05. The highest BCUT2D eigenvalue weighted by Crippen LogP contribution is 2.34. The van der Waals surface area contributed by atoms with Crippen LogP contribution in [0.1, 0.15) is 30.1 Å². The molecule has 0 saturated carbocycles. The number of carbonyl (C=O) groups is 4. The van der Waals surface area contributed by atoms with Gasteiger partial charge < -0.3 is 15.2 Å². The van der Waals surface area contributed by atoms with Gasteiger partial charge in [-0.2, -0.15) is 0 Å². The fourth-order valence-electron chi connectivity index (χ4n) is 2.88. The molecule has 1 aromatic rings. The van der Waals surface area contributed by atoms with Crippen LogP contribution in [0.25, 0.3) is 0 Å². The Morgan fingerprint density at radius 2 is 1.97 bits per heavy atom. The number of nitrogens with zero attached hydrogens (tertiary/aromatic N) is 2. The summed E-state index contributed by atoms with van der Waals surface area (Å²) in [5, 5.41) is 13.8. The molecule has 2 unspecified atom stereocenters. The molecule has 0 aliphatic carbocycles. The van der Waals surface area contributed by atoms with E-state index in [0.29, 0.717) is 0 Å². The monoisotopic (exact) mass is 457 g/mol. The second-order valence-electron chi connectivity index (χ2n) is 6.55. The Bertz CT molecular complexity index is 868. The molecule has 9 nitrogen and oxygen atoms in total. The van der Waals surface area contributed by atoms with Crippen LogP contribution in [-0.2, 0) is 14.4 Å². The Hall–Kier alpha value is -2.78. The minimum atomic E-state index is -1.30. The van der Waals surface area contributed by atoms with Gasteiger partial charge in [-0.25, -0.2) is 9.80 Å². The Labute approximate surface area is 183 Å². The number of carboxylic acids is 1. The second kappa shape index (κ2) is 9.82. The SMILES string of the molecule is C=CCOc1c(Cl)cc(C(=O)NC2CCC(=O)N(C)N(C(C)C(=O)O)C2=O)cc1Cl. The highest BCUT2D eigenvalue weighted by Gasteiger charge is 2.39. The molecule has 1 saturated heterocycles. The van der Waals surface area contributed by atoms with Crippen LogP contribution < -0.4 is 10.1 Å². The first kappa shape index (κ1) is 23.5. The van der Waals surface area contributed by atoms with Gasteiger partial charge in [0.05, 0.1) is 10.0 Å². The second-order valence-corrected chi connectivity index (χ2v) is 7.36. The molecule has 30 heavy (non-hydrogen) atoms. The summed E-state index contributed by atoms with van der Waals surface area (Å²) in [6.45, 7) is 4.97. The Balaban J connectivity index is 2.26. The Morgan fingerprint density at radius 1 is 1.37 bits per heavy atom. The zero-order chi connectivity index (χ0) is 22.6. The number of amides is 3. The van der Waals surface area contributed by atoms with Crippen LogP contribution in [0.15, 0.2) is 24.8 Å². The molecular formula is C19H21Cl2N3O6. The molecule has 1 aromatic carbocycles. The average molecular weight is 458 g/mol. The van der Waals surface area contributed by atoms with E-state index in [9.17, 15) is 24.3 Å². The van der Waals surface area contributed by atoms with Crippen molar-refractivity contribution in [1.82, 2.24) is 15.3 Å². The summed E-state index contributed by atoms with van der Waals surface area (Å²) in [6.07, 6.45) is 1.47. The van der Waals surface area contributed by atoms with E-state index >= 15 is 0 Å². The predicted molar refractivity (Wildman–Crippen MR) is 109 cm³/mol. The zero-order valence-corrected chi connectivity index (χ0v) is 17.9. The number of hydrazine groups is 1. The van der Waals surface area contributed by atoms with Gasteiger partial charge in [0.1, 0.15) is 18.7 Å². The first-order chi connectivity index (χ1) is 14.1. The molecule has 0 radical (unpaired) electrons. The first-order valence-corrected chi connectivity index (χ1v) is 9.70. The maximum absolute atomic E-state index is 12.9. The van der Waals surface area contributed by atoms with Gasteiger partial charge in [-0.3, -0.25) is 19.4 Å². The van der Waals surface area contributed by atoms with E-state index in [0.717, 1.165) is 10.0 Å². The lowest BCUT2D eigenvalue weighted by Crippen LogP contribution is -2.57. The average Bonchev–Trinajstić information content (AvgIpc) is 2.78. The molecule has 1 aliphatic heterocycles. The van der Waals surface area contributed by atoms with Crippen LogP contribution in [-0.4, -0.2) is 64.6 Å². The third-order valence-electron chi connectivity index (χ3n) is 4.49. The van der Waals surface area contributed by atoms with Gasteiger partial charge >= 0.3 is 5.97 Å². The number of aliphatic carboxylic acids is 1. The molecule has 2 N–H and O–H groups in total. The molecule has 0 spiro atoms. The zero-order valence-electron chi connectivity index (χ0n) is 16.4. The number of ether oxygens (including phenoxy) is 1. The minimum absolute atomic E-state index is 0.0125. The van der Waals surface area contributed by atoms with E-state index < -0.39 is 35.8 Å². The largest absolute Gasteiger partial charge is 0.486 e. The fourth-order valence-corrected chi connectivity index (χ4v) is 3.48. The standard InChI is InChI=1S/C19H21Cl2N3O6/c1-4-7-30-16-12(20)8-11(9-13(16)21)17(26)22-14-5-6-15(25)23(3)24(18(14)27)10(2)19(28)29/h4,8-10,14H,1,5-7H2,2-3H3,(H,22,26)(H,28,29). The molecule has 2 rings (SSSR count). The molecule has 162 valence electrons. The number of nitrogens with one attached hydrogen (secondary N) is 1. The van der Waals surface area contributed by atoms with Crippen LogP contribution in [0.5, 0.6) is 5.75 Å².